The maximum absolute atomic E-state index is 14.2. The average Bonchev–Trinajstić information content (AvgIpc) is 3.30. The molecule has 0 amide bonds. The van der Waals surface area contributed by atoms with E-state index in [-0.39, 0.29) is 56.5 Å². The Morgan fingerprint density at radius 2 is 0.530 bits per heavy atom. The third kappa shape index (κ3) is 8.70. The van der Waals surface area contributed by atoms with Crippen LogP contribution < -0.4 is 0 Å². The summed E-state index contributed by atoms with van der Waals surface area (Å²) in [5, 5.41) is 0.550. The molecular formula is C52H28F12N2. The van der Waals surface area contributed by atoms with Crippen LogP contribution in [-0.4, -0.2) is 9.97 Å². The Hall–Kier alpha value is -7.48. The van der Waals surface area contributed by atoms with Crippen molar-refractivity contribution < 1.29 is 52.7 Å². The second-order valence-corrected chi connectivity index (χ2v) is 15.4. The smallest absolute Gasteiger partial charge is 0.245 e. The lowest BCUT2D eigenvalue weighted by Gasteiger charge is -2.18. The first-order valence-corrected chi connectivity index (χ1v) is 19.9. The van der Waals surface area contributed by atoms with Gasteiger partial charge in [0.05, 0.1) is 44.7 Å². The van der Waals surface area contributed by atoms with Crippen LogP contribution in [0, 0.1) is 0 Å². The number of hydrogen-bond donors (Lipinski definition) is 0. The van der Waals surface area contributed by atoms with Crippen molar-refractivity contribution in [2.24, 2.45) is 0 Å². The Balaban J connectivity index is 1.37. The van der Waals surface area contributed by atoms with Gasteiger partial charge < -0.3 is 0 Å². The molecule has 0 spiro atoms. The quantitative estimate of drug-likeness (QED) is 0.123. The van der Waals surface area contributed by atoms with Gasteiger partial charge in [-0.3, -0.25) is 0 Å². The van der Waals surface area contributed by atoms with Crippen LogP contribution in [0.15, 0.2) is 170 Å². The van der Waals surface area contributed by atoms with E-state index in [1.165, 1.54) is 12.1 Å². The van der Waals surface area contributed by atoms with Crippen molar-refractivity contribution in [1.29, 1.82) is 0 Å². The molecule has 0 atom stereocenters. The van der Waals surface area contributed by atoms with Crippen molar-refractivity contribution in [3.05, 3.63) is 192 Å². The lowest BCUT2D eigenvalue weighted by Crippen LogP contribution is -2.11. The first-order chi connectivity index (χ1) is 31.2. The molecule has 2 aromatic heterocycles. The minimum absolute atomic E-state index is 0.0173. The molecule has 66 heavy (non-hydrogen) atoms. The van der Waals surface area contributed by atoms with Crippen molar-refractivity contribution in [2.75, 3.05) is 0 Å². The molecule has 2 nitrogen and oxygen atoms in total. The first kappa shape index (κ1) is 43.8. The van der Waals surface area contributed by atoms with Gasteiger partial charge in [0.2, 0.25) is 0 Å². The number of pyridine rings is 2. The van der Waals surface area contributed by atoms with Crippen molar-refractivity contribution in [3.63, 3.8) is 0 Å². The first-order valence-electron chi connectivity index (χ1n) is 19.9. The predicted molar refractivity (Wildman–Crippen MR) is 230 cm³/mol. The minimum atomic E-state index is -5.21. The summed E-state index contributed by atoms with van der Waals surface area (Å²) in [7, 11) is 0. The summed E-state index contributed by atoms with van der Waals surface area (Å²) in [6.45, 7) is 0. The van der Waals surface area contributed by atoms with Crippen LogP contribution in [-0.2, 0) is 24.7 Å². The third-order valence-electron chi connectivity index (χ3n) is 11.1. The van der Waals surface area contributed by atoms with E-state index in [0.717, 1.165) is 22.3 Å². The summed E-state index contributed by atoms with van der Waals surface area (Å²) in [5.74, 6) is 0. The van der Waals surface area contributed by atoms with Gasteiger partial charge in [-0.2, -0.15) is 52.7 Å². The zero-order valence-electron chi connectivity index (χ0n) is 33.6. The van der Waals surface area contributed by atoms with Gasteiger partial charge in [0, 0.05) is 21.9 Å². The lowest BCUT2D eigenvalue weighted by molar-refractivity contribution is -0.144. The number of aromatic nitrogens is 2. The third-order valence-corrected chi connectivity index (χ3v) is 11.1. The molecule has 0 fully saturated rings. The number of hydrogen-bond acceptors (Lipinski definition) is 2. The molecule has 0 saturated carbocycles. The van der Waals surface area contributed by atoms with Gasteiger partial charge in [0.25, 0.3) is 0 Å². The molecule has 0 radical (unpaired) electrons. The zero-order valence-corrected chi connectivity index (χ0v) is 33.6. The standard InChI is InChI=1S/C52H28F12N2/c53-49(54,55)37-21-35(22-38(25-37)50(56,57)58)45-27-43(33-15-11-31(12-16-33)29-7-3-1-4-8-29)41-19-20-42-44(34-17-13-32(14-18-34)30-9-5-2-6-10-30)28-46(66-48(42)47(41)65-45)36-23-39(51(59,60)61)26-40(24-36)52(62,63)64/h1-28H. The molecule has 7 aromatic carbocycles. The summed E-state index contributed by atoms with van der Waals surface area (Å²) in [5.41, 5.74) is -3.75. The van der Waals surface area contributed by atoms with Crippen molar-refractivity contribution in [2.45, 2.75) is 24.7 Å². The molecule has 0 aliphatic carbocycles. The van der Waals surface area contributed by atoms with Crippen molar-refractivity contribution >= 4 is 21.8 Å². The highest BCUT2D eigenvalue weighted by Gasteiger charge is 2.39. The fourth-order valence-corrected chi connectivity index (χ4v) is 7.90. The molecule has 0 aliphatic heterocycles. The van der Waals surface area contributed by atoms with E-state index < -0.39 is 58.1 Å². The van der Waals surface area contributed by atoms with Gasteiger partial charge in [-0.1, -0.05) is 121 Å². The van der Waals surface area contributed by atoms with Gasteiger partial charge in [-0.15, -0.1) is 0 Å². The summed E-state index contributed by atoms with van der Waals surface area (Å²) < 4.78 is 171. The number of rotatable bonds is 6. The Morgan fingerprint density at radius 3 is 0.818 bits per heavy atom. The van der Waals surface area contributed by atoms with Crippen molar-refractivity contribution in [3.8, 4) is 67.0 Å². The SMILES string of the molecule is FC(F)(F)c1cc(-c2cc(-c3ccc(-c4ccccc4)cc3)c3ccc4c(-c5ccc(-c6ccccc6)cc5)cc(-c5cc(C(F)(F)F)cc(C(F)(F)F)c5)nc4c3n2)cc(C(F)(F)F)c1. The van der Waals surface area contributed by atoms with E-state index in [0.29, 0.717) is 35.4 Å². The molecular weight excluding hydrogens is 881 g/mol. The Labute approximate surface area is 367 Å². The van der Waals surface area contributed by atoms with Crippen LogP contribution in [0.25, 0.3) is 88.8 Å². The number of halogens is 12. The summed E-state index contributed by atoms with van der Waals surface area (Å²) in [6.07, 6.45) is -20.8. The zero-order chi connectivity index (χ0) is 46.8. The molecule has 9 aromatic rings. The average molecular weight is 909 g/mol. The Bertz CT molecular complexity index is 2980. The summed E-state index contributed by atoms with van der Waals surface area (Å²) in [6, 6.07) is 40.3. The summed E-state index contributed by atoms with van der Waals surface area (Å²) >= 11 is 0. The molecule has 0 saturated heterocycles. The van der Waals surface area contributed by atoms with E-state index in [1.54, 1.807) is 60.7 Å². The van der Waals surface area contributed by atoms with E-state index in [4.69, 9.17) is 0 Å². The van der Waals surface area contributed by atoms with E-state index >= 15 is 0 Å². The lowest BCUT2D eigenvalue weighted by atomic mass is 9.92. The van der Waals surface area contributed by atoms with Crippen LogP contribution in [0.3, 0.4) is 0 Å². The number of benzene rings is 7. The summed E-state index contributed by atoms with van der Waals surface area (Å²) in [4.78, 5) is 9.30. The topological polar surface area (TPSA) is 25.8 Å². The predicted octanol–water partition coefficient (Wildman–Crippen LogP) is 16.9. The maximum atomic E-state index is 14.2. The second kappa shape index (κ2) is 16.2. The molecule has 0 bridgehead atoms. The molecule has 330 valence electrons. The fourth-order valence-electron chi connectivity index (χ4n) is 7.90. The van der Waals surface area contributed by atoms with E-state index in [1.807, 2.05) is 60.7 Å². The number of alkyl halides is 12. The normalized spacial score (nSPS) is 12.5. The van der Waals surface area contributed by atoms with Gasteiger partial charge in [-0.25, -0.2) is 9.97 Å². The molecule has 0 aliphatic rings. The van der Waals surface area contributed by atoms with Crippen LogP contribution >= 0.6 is 0 Å². The van der Waals surface area contributed by atoms with Gasteiger partial charge in [-0.05, 0) is 93.0 Å². The largest absolute Gasteiger partial charge is 0.416 e. The molecule has 0 N–H and O–H groups in total. The molecule has 0 unspecified atom stereocenters. The Morgan fingerprint density at radius 1 is 0.258 bits per heavy atom. The fraction of sp³-hybridized carbons (Fsp3) is 0.0769. The molecule has 9 rings (SSSR count). The van der Waals surface area contributed by atoms with Crippen molar-refractivity contribution in [1.82, 2.24) is 9.97 Å². The highest BCUT2D eigenvalue weighted by molar-refractivity contribution is 6.13. The number of fused-ring (bicyclic) bond motifs is 3. The van der Waals surface area contributed by atoms with E-state index in [2.05, 4.69) is 9.97 Å². The van der Waals surface area contributed by atoms with E-state index in [9.17, 15) is 52.7 Å². The highest BCUT2D eigenvalue weighted by Crippen LogP contribution is 2.44. The highest BCUT2D eigenvalue weighted by atomic mass is 19.4. The molecule has 2 heterocycles. The maximum Gasteiger partial charge on any atom is 0.416 e. The minimum Gasteiger partial charge on any atom is -0.245 e. The van der Waals surface area contributed by atoms with Crippen LogP contribution in [0.5, 0.6) is 0 Å². The monoisotopic (exact) mass is 908 g/mol. The Kier molecular flexibility index (Phi) is 10.7. The van der Waals surface area contributed by atoms with Gasteiger partial charge in [0.1, 0.15) is 0 Å². The van der Waals surface area contributed by atoms with Crippen LogP contribution in [0.2, 0.25) is 0 Å². The van der Waals surface area contributed by atoms with Gasteiger partial charge >= 0.3 is 24.7 Å². The van der Waals surface area contributed by atoms with Gasteiger partial charge in [0.15, 0.2) is 0 Å². The second-order valence-electron chi connectivity index (χ2n) is 15.4. The number of nitrogens with zero attached hydrogens (tertiary/aromatic N) is 2. The van der Waals surface area contributed by atoms with Crippen LogP contribution in [0.4, 0.5) is 52.7 Å². The molecule has 14 heteroatoms. The van der Waals surface area contributed by atoms with Crippen LogP contribution in [0.1, 0.15) is 22.3 Å².